The number of piperazine rings is 1. The van der Waals surface area contributed by atoms with E-state index in [-0.39, 0.29) is 24.4 Å². The Bertz CT molecular complexity index is 873. The second kappa shape index (κ2) is 6.34. The van der Waals surface area contributed by atoms with Gasteiger partial charge >= 0.3 is 0 Å². The van der Waals surface area contributed by atoms with Crippen molar-refractivity contribution in [3.05, 3.63) is 29.5 Å². The zero-order valence-corrected chi connectivity index (χ0v) is 15.5. The molecule has 1 fully saturated rings. The second-order valence-corrected chi connectivity index (χ2v) is 7.13. The van der Waals surface area contributed by atoms with Gasteiger partial charge in [-0.25, -0.2) is 0 Å². The Morgan fingerprint density at radius 1 is 1.27 bits per heavy atom. The molecule has 138 valence electrons. The summed E-state index contributed by atoms with van der Waals surface area (Å²) in [6.45, 7) is 4.94. The van der Waals surface area contributed by atoms with Gasteiger partial charge in [0.15, 0.2) is 0 Å². The molecule has 4 rings (SSSR count). The third kappa shape index (κ3) is 2.39. The molecule has 1 saturated heterocycles. The lowest BCUT2D eigenvalue weighted by Crippen LogP contribution is -2.62. The number of carbonyl (C=O) groups is 2. The molecule has 2 atom stereocenters. The van der Waals surface area contributed by atoms with Crippen LogP contribution >= 0.6 is 0 Å². The van der Waals surface area contributed by atoms with Crippen LogP contribution in [0.5, 0.6) is 5.75 Å². The van der Waals surface area contributed by atoms with E-state index in [1.54, 1.807) is 12.0 Å². The Morgan fingerprint density at radius 3 is 2.77 bits per heavy atom. The minimum absolute atomic E-state index is 0.0526. The van der Waals surface area contributed by atoms with Crippen LogP contribution in [0.4, 0.5) is 0 Å². The van der Waals surface area contributed by atoms with Crippen LogP contribution in [0.1, 0.15) is 44.0 Å². The van der Waals surface area contributed by atoms with Crippen LogP contribution in [0.15, 0.2) is 18.2 Å². The first kappa shape index (κ1) is 16.9. The van der Waals surface area contributed by atoms with Crippen molar-refractivity contribution in [1.82, 2.24) is 14.8 Å². The van der Waals surface area contributed by atoms with Crippen LogP contribution in [0.25, 0.3) is 10.9 Å². The molecular weight excluding hydrogens is 330 g/mol. The quantitative estimate of drug-likeness (QED) is 0.917. The number of hydrogen-bond donors (Lipinski definition) is 1. The van der Waals surface area contributed by atoms with E-state index < -0.39 is 6.04 Å². The van der Waals surface area contributed by atoms with Gasteiger partial charge < -0.3 is 19.5 Å². The zero-order valence-electron chi connectivity index (χ0n) is 15.5. The van der Waals surface area contributed by atoms with Crippen molar-refractivity contribution in [2.24, 2.45) is 0 Å². The first-order chi connectivity index (χ1) is 12.6. The van der Waals surface area contributed by atoms with Crippen molar-refractivity contribution < 1.29 is 14.3 Å². The van der Waals surface area contributed by atoms with Gasteiger partial charge in [-0.3, -0.25) is 9.59 Å². The first-order valence-electron chi connectivity index (χ1n) is 9.37. The maximum atomic E-state index is 13.0. The van der Waals surface area contributed by atoms with E-state index in [0.29, 0.717) is 13.0 Å². The van der Waals surface area contributed by atoms with Crippen molar-refractivity contribution in [2.45, 2.75) is 45.2 Å². The number of H-pyrrole nitrogens is 1. The molecule has 6 heteroatoms. The van der Waals surface area contributed by atoms with E-state index in [4.69, 9.17) is 4.74 Å². The van der Waals surface area contributed by atoms with Crippen LogP contribution in [0.2, 0.25) is 0 Å². The number of methoxy groups -OCH3 is 1. The Labute approximate surface area is 153 Å². The van der Waals surface area contributed by atoms with Gasteiger partial charge in [-0.15, -0.1) is 0 Å². The Kier molecular flexibility index (Phi) is 4.13. The minimum Gasteiger partial charge on any atom is -0.497 e. The molecule has 3 heterocycles. The largest absolute Gasteiger partial charge is 0.497 e. The van der Waals surface area contributed by atoms with E-state index in [0.717, 1.165) is 40.8 Å². The van der Waals surface area contributed by atoms with Crippen LogP contribution < -0.4 is 4.74 Å². The summed E-state index contributed by atoms with van der Waals surface area (Å²) in [7, 11) is 1.66. The lowest BCUT2D eigenvalue weighted by atomic mass is 9.88. The van der Waals surface area contributed by atoms with Crippen LogP contribution in [-0.2, 0) is 16.0 Å². The predicted octanol–water partition coefficient (Wildman–Crippen LogP) is 2.63. The fraction of sp³-hybridized carbons (Fsp3) is 0.500. The number of fused-ring (bicyclic) bond motifs is 4. The van der Waals surface area contributed by atoms with Crippen molar-refractivity contribution >= 4 is 22.7 Å². The van der Waals surface area contributed by atoms with Crippen molar-refractivity contribution in [3.63, 3.8) is 0 Å². The number of aromatic nitrogens is 1. The summed E-state index contributed by atoms with van der Waals surface area (Å²) in [6.07, 6.45) is 2.20. The fourth-order valence-corrected chi connectivity index (χ4v) is 4.47. The number of nitrogens with zero attached hydrogens (tertiary/aromatic N) is 2. The number of aromatic amines is 1. The third-order valence-corrected chi connectivity index (χ3v) is 5.64. The number of hydrogen-bond acceptors (Lipinski definition) is 3. The second-order valence-electron chi connectivity index (χ2n) is 7.13. The lowest BCUT2D eigenvalue weighted by Gasteiger charge is -2.46. The summed E-state index contributed by atoms with van der Waals surface area (Å²) in [5.41, 5.74) is 3.24. The van der Waals surface area contributed by atoms with E-state index in [1.165, 1.54) is 0 Å². The highest BCUT2D eigenvalue weighted by atomic mass is 16.5. The monoisotopic (exact) mass is 355 g/mol. The minimum atomic E-state index is -0.398. The first-order valence-corrected chi connectivity index (χ1v) is 9.37. The Hall–Kier alpha value is -2.50. The molecule has 1 N–H and O–H groups in total. The van der Waals surface area contributed by atoms with Crippen LogP contribution in [0, 0.1) is 0 Å². The molecule has 26 heavy (non-hydrogen) atoms. The molecule has 2 aromatic rings. The summed E-state index contributed by atoms with van der Waals surface area (Å²) < 4.78 is 5.38. The van der Waals surface area contributed by atoms with Gasteiger partial charge in [0.05, 0.1) is 19.7 Å². The molecule has 6 nitrogen and oxygen atoms in total. The van der Waals surface area contributed by atoms with Crippen molar-refractivity contribution in [2.75, 3.05) is 20.2 Å². The van der Waals surface area contributed by atoms with Crippen molar-refractivity contribution in [1.29, 1.82) is 0 Å². The van der Waals surface area contributed by atoms with E-state index in [9.17, 15) is 9.59 Å². The molecule has 0 radical (unpaired) electrons. The molecule has 2 amide bonds. The third-order valence-electron chi connectivity index (χ3n) is 5.64. The summed E-state index contributed by atoms with van der Waals surface area (Å²) in [6, 6.07) is 5.47. The molecule has 0 bridgehead atoms. The van der Waals surface area contributed by atoms with Gasteiger partial charge in [0.1, 0.15) is 11.8 Å². The highest BCUT2D eigenvalue weighted by molar-refractivity contribution is 5.97. The summed E-state index contributed by atoms with van der Waals surface area (Å²) in [4.78, 5) is 32.9. The lowest BCUT2D eigenvalue weighted by molar-refractivity contribution is -0.159. The predicted molar refractivity (Wildman–Crippen MR) is 99.1 cm³/mol. The number of benzene rings is 1. The molecule has 1 aromatic heterocycles. The Morgan fingerprint density at radius 2 is 2.08 bits per heavy atom. The normalized spacial score (nSPS) is 22.6. The van der Waals surface area contributed by atoms with E-state index in [1.807, 2.05) is 30.0 Å². The molecule has 0 spiro atoms. The Balaban J connectivity index is 1.83. The highest BCUT2D eigenvalue weighted by Gasteiger charge is 2.46. The molecule has 0 aliphatic carbocycles. The standard InChI is InChI=1S/C20H25N3O3/c1-4-8-22-11-18(24)23-16(5-2)19-14(10-17(23)20(22)25)13-9-12(26-3)6-7-15(13)21-19/h6-7,9,16-17,21H,4-5,8,10-11H2,1-3H3. The van der Waals surface area contributed by atoms with E-state index >= 15 is 0 Å². The topological polar surface area (TPSA) is 65.6 Å². The molecule has 0 saturated carbocycles. The molecule has 2 aliphatic rings. The number of nitrogens with one attached hydrogen (secondary N) is 1. The highest BCUT2D eigenvalue weighted by Crippen LogP contribution is 2.41. The van der Waals surface area contributed by atoms with Gasteiger partial charge in [0.25, 0.3) is 0 Å². The number of amides is 2. The van der Waals surface area contributed by atoms with Gasteiger partial charge in [-0.2, -0.15) is 0 Å². The van der Waals surface area contributed by atoms with Crippen LogP contribution in [0.3, 0.4) is 0 Å². The van der Waals surface area contributed by atoms with Gasteiger partial charge in [-0.1, -0.05) is 13.8 Å². The van der Waals surface area contributed by atoms with E-state index in [2.05, 4.69) is 11.9 Å². The van der Waals surface area contributed by atoms with Gasteiger partial charge in [-0.05, 0) is 36.6 Å². The summed E-state index contributed by atoms with van der Waals surface area (Å²) >= 11 is 0. The maximum Gasteiger partial charge on any atom is 0.246 e. The number of ether oxygens (including phenoxy) is 1. The average Bonchev–Trinajstić information content (AvgIpc) is 3.01. The average molecular weight is 355 g/mol. The number of rotatable bonds is 4. The molecule has 2 aliphatic heterocycles. The SMILES string of the molecule is CCCN1CC(=O)N2C(Cc3c([nH]c4ccc(OC)cc34)C2CC)C1=O. The summed E-state index contributed by atoms with van der Waals surface area (Å²) in [5.74, 6) is 0.929. The van der Waals surface area contributed by atoms with Crippen LogP contribution in [-0.4, -0.2) is 52.8 Å². The maximum absolute atomic E-state index is 13.0. The number of carbonyl (C=O) groups excluding carboxylic acids is 2. The van der Waals surface area contributed by atoms with Crippen molar-refractivity contribution in [3.8, 4) is 5.75 Å². The summed E-state index contributed by atoms with van der Waals surface area (Å²) in [5, 5.41) is 1.09. The molecular formula is C20H25N3O3. The van der Waals surface area contributed by atoms with Gasteiger partial charge in [0.2, 0.25) is 11.8 Å². The smallest absolute Gasteiger partial charge is 0.246 e. The zero-order chi connectivity index (χ0) is 18.4. The fourth-order valence-electron chi connectivity index (χ4n) is 4.47. The van der Waals surface area contributed by atoms with Gasteiger partial charge in [0, 0.05) is 29.6 Å². The molecule has 2 unspecified atom stereocenters. The molecule has 1 aromatic carbocycles.